The summed E-state index contributed by atoms with van der Waals surface area (Å²) in [6.07, 6.45) is 0.417. The summed E-state index contributed by atoms with van der Waals surface area (Å²) in [5.74, 6) is 0.0943. The van der Waals surface area contributed by atoms with Gasteiger partial charge in [0.15, 0.2) is 5.78 Å². The summed E-state index contributed by atoms with van der Waals surface area (Å²) in [6.45, 7) is 6.73. The highest BCUT2D eigenvalue weighted by Crippen LogP contribution is 2.22. The fraction of sp³-hybridized carbons (Fsp3) is 0.400. The maximum absolute atomic E-state index is 12.2. The van der Waals surface area contributed by atoms with Crippen molar-refractivity contribution in [3.63, 3.8) is 0 Å². The lowest BCUT2D eigenvalue weighted by atomic mass is 9.96. The second kappa shape index (κ2) is 4.84. The summed E-state index contributed by atoms with van der Waals surface area (Å²) in [5, 5.41) is 0. The minimum atomic E-state index is -0.304. The van der Waals surface area contributed by atoms with Crippen molar-refractivity contribution in [1.82, 2.24) is 0 Å². The Labute approximate surface area is 102 Å². The molecule has 0 amide bonds. The van der Waals surface area contributed by atoms with Gasteiger partial charge in [-0.2, -0.15) is 0 Å². The number of carbonyl (C=O) groups excluding carboxylic acids is 1. The monoisotopic (exact) mass is 230 g/mol. The second-order valence-corrected chi connectivity index (χ2v) is 4.79. The van der Waals surface area contributed by atoms with Crippen molar-refractivity contribution in [1.29, 1.82) is 0 Å². The summed E-state index contributed by atoms with van der Waals surface area (Å²) < 4.78 is 5.60. The van der Waals surface area contributed by atoms with Gasteiger partial charge in [-0.15, -0.1) is 0 Å². The molecule has 0 radical (unpaired) electrons. The summed E-state index contributed by atoms with van der Waals surface area (Å²) in [4.78, 5) is 12.2. The number of Topliss-reactive ketones (excluding diaryl/α,β-unsaturated/α-hetero) is 1. The van der Waals surface area contributed by atoms with Gasteiger partial charge in [0.2, 0.25) is 0 Å². The smallest absolute Gasteiger partial charge is 0.191 e. The molecule has 17 heavy (non-hydrogen) atoms. The fourth-order valence-corrected chi connectivity index (χ4v) is 1.93. The number of aryl methyl sites for hydroxylation is 1. The van der Waals surface area contributed by atoms with Gasteiger partial charge in [-0.3, -0.25) is 4.79 Å². The molecule has 1 aliphatic rings. The molecule has 0 N–H and O–H groups in total. The average Bonchev–Trinajstić information content (AvgIpc) is 2.33. The Kier molecular flexibility index (Phi) is 3.43. The van der Waals surface area contributed by atoms with Crippen LogP contribution in [0.15, 0.2) is 35.4 Å². The van der Waals surface area contributed by atoms with E-state index in [1.54, 1.807) is 0 Å². The Morgan fingerprint density at radius 2 is 1.76 bits per heavy atom. The van der Waals surface area contributed by atoms with Gasteiger partial charge >= 0.3 is 0 Å². The van der Waals surface area contributed by atoms with Crippen LogP contribution in [0.5, 0.6) is 0 Å². The highest BCUT2D eigenvalue weighted by molar-refractivity contribution is 5.99. The predicted octanol–water partition coefficient (Wildman–Crippen LogP) is 3.30. The molecule has 0 saturated carbocycles. The normalized spacial score (nSPS) is 20.5. The number of rotatable bonds is 2. The molecule has 1 atom stereocenters. The van der Waals surface area contributed by atoms with Crippen molar-refractivity contribution in [3.05, 3.63) is 46.5 Å². The molecule has 0 unspecified atom stereocenters. The molecule has 0 bridgehead atoms. The van der Waals surface area contributed by atoms with Crippen LogP contribution in [-0.4, -0.2) is 18.5 Å². The Balaban J connectivity index is 2.14. The molecule has 0 aliphatic carbocycles. The van der Waals surface area contributed by atoms with Gasteiger partial charge in [0.1, 0.15) is 6.10 Å². The van der Waals surface area contributed by atoms with Gasteiger partial charge in [0.05, 0.1) is 6.61 Å². The van der Waals surface area contributed by atoms with Crippen LogP contribution in [0.1, 0.15) is 36.2 Å². The molecule has 1 heterocycles. The zero-order valence-corrected chi connectivity index (χ0v) is 10.6. The largest absolute Gasteiger partial charge is 0.365 e. The van der Waals surface area contributed by atoms with Gasteiger partial charge in [0, 0.05) is 12.0 Å². The Hall–Kier alpha value is -1.41. The summed E-state index contributed by atoms with van der Waals surface area (Å²) in [5.41, 5.74) is 4.44. The van der Waals surface area contributed by atoms with E-state index in [4.69, 9.17) is 4.74 Å². The maximum atomic E-state index is 12.2. The molecule has 0 aromatic heterocycles. The zero-order chi connectivity index (χ0) is 12.4. The summed E-state index contributed by atoms with van der Waals surface area (Å²) >= 11 is 0. The topological polar surface area (TPSA) is 26.3 Å². The average molecular weight is 230 g/mol. The van der Waals surface area contributed by atoms with Crippen molar-refractivity contribution in [3.8, 4) is 0 Å². The minimum absolute atomic E-state index is 0.0943. The van der Waals surface area contributed by atoms with E-state index >= 15 is 0 Å². The van der Waals surface area contributed by atoms with Crippen LogP contribution in [0, 0.1) is 6.92 Å². The number of hydrogen-bond donors (Lipinski definition) is 0. The van der Waals surface area contributed by atoms with Gasteiger partial charge < -0.3 is 4.74 Å². The van der Waals surface area contributed by atoms with Crippen LogP contribution in [0.3, 0.4) is 0 Å². The molecule has 90 valence electrons. The second-order valence-electron chi connectivity index (χ2n) is 4.79. The highest BCUT2D eigenvalue weighted by atomic mass is 16.5. The van der Waals surface area contributed by atoms with Crippen molar-refractivity contribution in [2.45, 2.75) is 33.3 Å². The van der Waals surface area contributed by atoms with Gasteiger partial charge in [-0.05, 0) is 26.3 Å². The number of hydrogen-bond acceptors (Lipinski definition) is 2. The third-order valence-corrected chi connectivity index (χ3v) is 3.35. The van der Waals surface area contributed by atoms with Crippen LogP contribution in [0.25, 0.3) is 0 Å². The SMILES string of the molecule is CC1=C(C)C[C@@H](C(=O)c2ccc(C)cc2)OC1. The van der Waals surface area contributed by atoms with Gasteiger partial charge in [-0.25, -0.2) is 0 Å². The Morgan fingerprint density at radius 1 is 1.12 bits per heavy atom. The summed E-state index contributed by atoms with van der Waals surface area (Å²) in [7, 11) is 0. The first-order valence-corrected chi connectivity index (χ1v) is 5.95. The minimum Gasteiger partial charge on any atom is -0.365 e. The van der Waals surface area contributed by atoms with Crippen LogP contribution in [0.2, 0.25) is 0 Å². The molecule has 2 rings (SSSR count). The van der Waals surface area contributed by atoms with Crippen molar-refractivity contribution in [2.75, 3.05) is 6.61 Å². The molecular formula is C15H18O2. The number of ether oxygens (including phenoxy) is 1. The Bertz CT molecular complexity index is 454. The predicted molar refractivity (Wildman–Crippen MR) is 68.2 cm³/mol. The van der Waals surface area contributed by atoms with Gasteiger partial charge in [0.25, 0.3) is 0 Å². The standard InChI is InChI=1S/C15H18O2/c1-10-4-6-13(7-5-10)15(16)14-8-11(2)12(3)9-17-14/h4-7,14H,8-9H2,1-3H3/t14-/m0/s1. The number of carbonyl (C=O) groups is 1. The molecule has 1 aliphatic heterocycles. The van der Waals surface area contributed by atoms with E-state index in [0.29, 0.717) is 6.61 Å². The van der Waals surface area contributed by atoms with Crippen molar-refractivity contribution < 1.29 is 9.53 Å². The van der Waals surface area contributed by atoms with E-state index in [0.717, 1.165) is 17.5 Å². The van der Waals surface area contributed by atoms with Crippen LogP contribution < -0.4 is 0 Å². The van der Waals surface area contributed by atoms with Crippen LogP contribution in [0.4, 0.5) is 0 Å². The highest BCUT2D eigenvalue weighted by Gasteiger charge is 2.24. The molecule has 2 nitrogen and oxygen atoms in total. The van der Waals surface area contributed by atoms with Gasteiger partial charge in [-0.1, -0.05) is 35.4 Å². The Morgan fingerprint density at radius 3 is 2.35 bits per heavy atom. The molecule has 0 saturated heterocycles. The first-order valence-electron chi connectivity index (χ1n) is 5.95. The molecule has 1 aromatic rings. The molecule has 2 heteroatoms. The van der Waals surface area contributed by atoms with E-state index in [2.05, 4.69) is 13.8 Å². The van der Waals surface area contributed by atoms with E-state index in [-0.39, 0.29) is 11.9 Å². The first kappa shape index (κ1) is 12.1. The van der Waals surface area contributed by atoms with E-state index < -0.39 is 0 Å². The third-order valence-electron chi connectivity index (χ3n) is 3.35. The lowest BCUT2D eigenvalue weighted by Gasteiger charge is -2.24. The van der Waals surface area contributed by atoms with E-state index in [9.17, 15) is 4.79 Å². The van der Waals surface area contributed by atoms with E-state index in [1.807, 2.05) is 31.2 Å². The third kappa shape index (κ3) is 2.64. The molecular weight excluding hydrogens is 212 g/mol. The molecule has 0 fully saturated rings. The lowest BCUT2D eigenvalue weighted by molar-refractivity contribution is 0.0434. The van der Waals surface area contributed by atoms with Crippen LogP contribution >= 0.6 is 0 Å². The quantitative estimate of drug-likeness (QED) is 0.575. The number of ketones is 1. The first-order chi connectivity index (χ1) is 8.08. The molecule has 0 spiro atoms. The zero-order valence-electron chi connectivity index (χ0n) is 10.6. The fourth-order valence-electron chi connectivity index (χ4n) is 1.93. The van der Waals surface area contributed by atoms with Crippen molar-refractivity contribution >= 4 is 5.78 Å². The summed E-state index contributed by atoms with van der Waals surface area (Å²) in [6, 6.07) is 7.68. The van der Waals surface area contributed by atoms with E-state index in [1.165, 1.54) is 11.1 Å². The maximum Gasteiger partial charge on any atom is 0.191 e. The van der Waals surface area contributed by atoms with Crippen molar-refractivity contribution in [2.24, 2.45) is 0 Å². The lowest BCUT2D eigenvalue weighted by Crippen LogP contribution is -2.29. The van der Waals surface area contributed by atoms with Crippen LogP contribution in [-0.2, 0) is 4.74 Å². The molecule has 1 aromatic carbocycles. The number of benzene rings is 1.